The van der Waals surface area contributed by atoms with Gasteiger partial charge < -0.3 is 14.2 Å². The maximum Gasteiger partial charge on any atom is 0.234 e. The first-order chi connectivity index (χ1) is 13.7. The maximum atomic E-state index is 12.5. The van der Waals surface area contributed by atoms with Gasteiger partial charge in [-0.05, 0) is 36.8 Å². The van der Waals surface area contributed by atoms with Crippen molar-refractivity contribution in [3.05, 3.63) is 96.1 Å². The van der Waals surface area contributed by atoms with Crippen LogP contribution in [0.25, 0.3) is 11.0 Å². The molecule has 28 heavy (non-hydrogen) atoms. The van der Waals surface area contributed by atoms with Gasteiger partial charge in [-0.3, -0.25) is 10.1 Å². The van der Waals surface area contributed by atoms with Gasteiger partial charge in [0.15, 0.2) is 0 Å². The summed E-state index contributed by atoms with van der Waals surface area (Å²) in [5, 5.41) is 7.30. The monoisotopic (exact) mass is 374 g/mol. The van der Waals surface area contributed by atoms with Crippen molar-refractivity contribution in [2.75, 3.05) is 6.54 Å². The molecule has 0 bridgehead atoms. The van der Waals surface area contributed by atoms with Crippen LogP contribution >= 0.6 is 0 Å². The van der Waals surface area contributed by atoms with Gasteiger partial charge in [-0.15, -0.1) is 0 Å². The molecule has 0 fully saturated rings. The van der Waals surface area contributed by atoms with Gasteiger partial charge in [-0.2, -0.15) is 0 Å². The first kappa shape index (κ1) is 18.1. The molecule has 142 valence electrons. The van der Waals surface area contributed by atoms with E-state index in [1.807, 2.05) is 79.7 Å². The second-order valence-corrected chi connectivity index (χ2v) is 6.72. The van der Waals surface area contributed by atoms with E-state index in [1.54, 1.807) is 6.26 Å². The molecule has 1 amide bonds. The third-order valence-corrected chi connectivity index (χ3v) is 4.68. The lowest BCUT2D eigenvalue weighted by Gasteiger charge is -2.18. The highest BCUT2D eigenvalue weighted by molar-refractivity contribution is 5.80. The Morgan fingerprint density at radius 1 is 0.964 bits per heavy atom. The van der Waals surface area contributed by atoms with E-state index in [9.17, 15) is 4.79 Å². The van der Waals surface area contributed by atoms with Crippen molar-refractivity contribution in [2.24, 2.45) is 0 Å². The minimum Gasteiger partial charge on any atom is -0.467 e. The average Bonchev–Trinajstić information content (AvgIpc) is 3.39. The molecule has 2 N–H and O–H groups in total. The van der Waals surface area contributed by atoms with Gasteiger partial charge in [-0.1, -0.05) is 48.5 Å². The number of fused-ring (bicyclic) bond motifs is 1. The van der Waals surface area contributed by atoms with E-state index < -0.39 is 0 Å². The van der Waals surface area contributed by atoms with Crippen molar-refractivity contribution in [2.45, 2.75) is 19.0 Å². The number of hydrogen-bond acceptors (Lipinski definition) is 4. The first-order valence-electron chi connectivity index (χ1n) is 9.30. The van der Waals surface area contributed by atoms with Crippen molar-refractivity contribution in [3.63, 3.8) is 0 Å². The van der Waals surface area contributed by atoms with E-state index in [1.165, 1.54) is 0 Å². The fourth-order valence-electron chi connectivity index (χ4n) is 3.26. The van der Waals surface area contributed by atoms with Gasteiger partial charge in [-0.25, -0.2) is 0 Å². The number of nitrogens with one attached hydrogen (secondary N) is 2. The first-order valence-corrected chi connectivity index (χ1v) is 9.30. The van der Waals surface area contributed by atoms with Crippen molar-refractivity contribution in [3.8, 4) is 0 Å². The van der Waals surface area contributed by atoms with Crippen LogP contribution < -0.4 is 10.6 Å². The normalized spacial score (nSPS) is 13.3. The average molecular weight is 374 g/mol. The summed E-state index contributed by atoms with van der Waals surface area (Å²) in [6, 6.07) is 23.0. The van der Waals surface area contributed by atoms with Crippen LogP contribution in [-0.4, -0.2) is 12.5 Å². The summed E-state index contributed by atoms with van der Waals surface area (Å²) in [6.45, 7) is 2.07. The highest BCUT2D eigenvalue weighted by Gasteiger charge is 2.19. The van der Waals surface area contributed by atoms with Crippen molar-refractivity contribution < 1.29 is 13.6 Å². The molecule has 0 aliphatic rings. The number of amides is 1. The lowest BCUT2D eigenvalue weighted by atomic mass is 10.0. The zero-order valence-electron chi connectivity index (χ0n) is 15.6. The quantitative estimate of drug-likeness (QED) is 0.497. The summed E-state index contributed by atoms with van der Waals surface area (Å²) in [5.74, 6) is 1.39. The standard InChI is InChI=1S/C23H22N2O3/c1-16(21-14-18-10-5-6-11-19(18)28-21)25-22(26)15-24-23(20-12-7-13-27-20)17-8-3-2-4-9-17/h2-14,16,23-24H,15H2,1H3,(H,25,26)/t16-,23-/m0/s1. The Morgan fingerprint density at radius 3 is 2.50 bits per heavy atom. The molecule has 0 unspecified atom stereocenters. The van der Waals surface area contributed by atoms with Crippen LogP contribution in [0, 0.1) is 0 Å². The second kappa shape index (κ2) is 8.15. The van der Waals surface area contributed by atoms with Crippen molar-refractivity contribution in [1.82, 2.24) is 10.6 Å². The number of hydrogen-bond donors (Lipinski definition) is 2. The van der Waals surface area contributed by atoms with Crippen LogP contribution in [0.5, 0.6) is 0 Å². The fraction of sp³-hybridized carbons (Fsp3) is 0.174. The van der Waals surface area contributed by atoms with E-state index in [0.717, 1.165) is 28.1 Å². The zero-order valence-corrected chi connectivity index (χ0v) is 15.6. The fourth-order valence-corrected chi connectivity index (χ4v) is 3.26. The molecule has 0 saturated heterocycles. The van der Waals surface area contributed by atoms with Crippen LogP contribution in [0.2, 0.25) is 0 Å². The van der Waals surface area contributed by atoms with Crippen LogP contribution in [-0.2, 0) is 4.79 Å². The van der Waals surface area contributed by atoms with Gasteiger partial charge in [0.1, 0.15) is 17.1 Å². The number of benzene rings is 2. The predicted molar refractivity (Wildman–Crippen MR) is 108 cm³/mol. The Labute approximate surface area is 163 Å². The van der Waals surface area contributed by atoms with E-state index in [4.69, 9.17) is 8.83 Å². The highest BCUT2D eigenvalue weighted by atomic mass is 16.3. The summed E-state index contributed by atoms with van der Waals surface area (Å²) in [7, 11) is 0. The third kappa shape index (κ3) is 4.00. The number of furan rings is 2. The molecule has 2 aromatic heterocycles. The smallest absolute Gasteiger partial charge is 0.234 e. The van der Waals surface area contributed by atoms with Crippen LogP contribution in [0.4, 0.5) is 0 Å². The molecule has 2 heterocycles. The van der Waals surface area contributed by atoms with E-state index in [0.29, 0.717) is 0 Å². The topological polar surface area (TPSA) is 67.4 Å². The second-order valence-electron chi connectivity index (χ2n) is 6.72. The van der Waals surface area contributed by atoms with E-state index in [2.05, 4.69) is 10.6 Å². The Morgan fingerprint density at radius 2 is 1.75 bits per heavy atom. The Bertz CT molecular complexity index is 1010. The lowest BCUT2D eigenvalue weighted by molar-refractivity contribution is -0.121. The molecule has 5 nitrogen and oxygen atoms in total. The van der Waals surface area contributed by atoms with Crippen LogP contribution in [0.1, 0.15) is 36.1 Å². The molecule has 4 aromatic rings. The molecule has 0 aliphatic heterocycles. The molecule has 4 rings (SSSR count). The number of carbonyl (C=O) groups is 1. The number of carbonyl (C=O) groups excluding carboxylic acids is 1. The minimum atomic E-state index is -0.222. The molecule has 0 spiro atoms. The predicted octanol–water partition coefficient (Wildman–Crippen LogP) is 4.58. The van der Waals surface area contributed by atoms with Crippen LogP contribution in [0.15, 0.2) is 87.9 Å². The maximum absolute atomic E-state index is 12.5. The summed E-state index contributed by atoms with van der Waals surface area (Å²) >= 11 is 0. The number of para-hydroxylation sites is 1. The van der Waals surface area contributed by atoms with Gasteiger partial charge in [0.25, 0.3) is 0 Å². The lowest BCUT2D eigenvalue weighted by Crippen LogP contribution is -2.37. The van der Waals surface area contributed by atoms with Gasteiger partial charge in [0.05, 0.1) is 24.9 Å². The Balaban J connectivity index is 1.41. The molecule has 2 aromatic carbocycles. The molecule has 0 aliphatic carbocycles. The Kier molecular flexibility index (Phi) is 5.26. The summed E-state index contributed by atoms with van der Waals surface area (Å²) < 4.78 is 11.4. The summed E-state index contributed by atoms with van der Waals surface area (Å²) in [6.07, 6.45) is 1.64. The Hall–Kier alpha value is -3.31. The van der Waals surface area contributed by atoms with Gasteiger partial charge in [0, 0.05) is 5.39 Å². The van der Waals surface area contributed by atoms with E-state index in [-0.39, 0.29) is 24.5 Å². The van der Waals surface area contributed by atoms with Gasteiger partial charge in [0.2, 0.25) is 5.91 Å². The largest absolute Gasteiger partial charge is 0.467 e. The molecule has 0 saturated carbocycles. The summed E-state index contributed by atoms with van der Waals surface area (Å²) in [5.41, 5.74) is 1.86. The van der Waals surface area contributed by atoms with Crippen molar-refractivity contribution >= 4 is 16.9 Å². The SMILES string of the molecule is C[C@H](NC(=O)CN[C@@H](c1ccccc1)c1ccco1)c1cc2ccccc2o1. The highest BCUT2D eigenvalue weighted by Crippen LogP contribution is 2.24. The summed E-state index contributed by atoms with van der Waals surface area (Å²) in [4.78, 5) is 12.5. The third-order valence-electron chi connectivity index (χ3n) is 4.68. The molecule has 5 heteroatoms. The molecular weight excluding hydrogens is 352 g/mol. The molecule has 0 radical (unpaired) electrons. The minimum absolute atomic E-state index is 0.111. The molecular formula is C23H22N2O3. The molecule has 2 atom stereocenters. The van der Waals surface area contributed by atoms with Crippen LogP contribution in [0.3, 0.4) is 0 Å². The number of rotatable bonds is 7. The van der Waals surface area contributed by atoms with Gasteiger partial charge >= 0.3 is 0 Å². The van der Waals surface area contributed by atoms with Crippen molar-refractivity contribution in [1.29, 1.82) is 0 Å². The van der Waals surface area contributed by atoms with E-state index >= 15 is 0 Å². The zero-order chi connectivity index (χ0) is 19.3.